The number of benzene rings is 2. The molecule has 6 nitrogen and oxygen atoms in total. The molecule has 0 aliphatic rings. The fraction of sp³-hybridized carbons (Fsp3) is 0.136. The molecule has 0 aliphatic carbocycles. The Labute approximate surface area is 173 Å². The molecule has 0 fully saturated rings. The molecule has 0 saturated heterocycles. The Morgan fingerprint density at radius 2 is 1.93 bits per heavy atom. The summed E-state index contributed by atoms with van der Waals surface area (Å²) in [7, 11) is 0. The van der Waals surface area contributed by atoms with Gasteiger partial charge in [0.2, 0.25) is 5.91 Å². The van der Waals surface area contributed by atoms with Gasteiger partial charge in [0, 0.05) is 42.4 Å². The van der Waals surface area contributed by atoms with Gasteiger partial charge in [0.15, 0.2) is 11.7 Å². The van der Waals surface area contributed by atoms with E-state index in [-0.39, 0.29) is 5.91 Å². The lowest BCUT2D eigenvalue weighted by Crippen LogP contribution is -2.23. The first kappa shape index (κ1) is 19.0. The highest BCUT2D eigenvalue weighted by atomic mass is 35.5. The van der Waals surface area contributed by atoms with Crippen molar-refractivity contribution in [2.24, 2.45) is 0 Å². The molecule has 29 heavy (non-hydrogen) atoms. The van der Waals surface area contributed by atoms with E-state index in [1.807, 2.05) is 48.7 Å². The van der Waals surface area contributed by atoms with E-state index in [1.54, 1.807) is 29.2 Å². The average Bonchev–Trinajstić information content (AvgIpc) is 3.44. The third kappa shape index (κ3) is 4.73. The quantitative estimate of drug-likeness (QED) is 0.492. The molecule has 7 heteroatoms. The summed E-state index contributed by atoms with van der Waals surface area (Å²) >= 11 is 5.91. The summed E-state index contributed by atoms with van der Waals surface area (Å²) in [6.07, 6.45) is 5.99. The van der Waals surface area contributed by atoms with Crippen molar-refractivity contribution in [1.82, 2.24) is 20.1 Å². The molecule has 1 N–H and O–H groups in total. The largest absolute Gasteiger partial charge is 0.441 e. The van der Waals surface area contributed by atoms with E-state index < -0.39 is 0 Å². The van der Waals surface area contributed by atoms with Crippen LogP contribution in [-0.2, 0) is 17.8 Å². The summed E-state index contributed by atoms with van der Waals surface area (Å²) < 4.78 is 7.53. The molecule has 0 bridgehead atoms. The van der Waals surface area contributed by atoms with E-state index in [1.165, 1.54) is 0 Å². The molecule has 2 aromatic carbocycles. The normalized spacial score (nSPS) is 10.8. The number of hydrogen-bond donors (Lipinski definition) is 1. The van der Waals surface area contributed by atoms with Crippen LogP contribution < -0.4 is 5.32 Å². The summed E-state index contributed by atoms with van der Waals surface area (Å²) in [5.41, 5.74) is 2.83. The van der Waals surface area contributed by atoms with Crippen LogP contribution in [0.15, 0.2) is 77.6 Å². The highest BCUT2D eigenvalue weighted by Gasteiger charge is 2.10. The van der Waals surface area contributed by atoms with Gasteiger partial charge in [-0.25, -0.2) is 9.67 Å². The standard InChI is InChI=1S/C22H19ClN4O2/c23-18-8-6-16(7-9-18)20-15-25-22(29-20)11-10-21(28)24-14-17-4-1-2-5-19(17)27-13-3-12-26-27/h1-9,12-13,15H,10-11,14H2,(H,24,28). The number of oxazole rings is 1. The number of carbonyl (C=O) groups is 1. The van der Waals surface area contributed by atoms with Gasteiger partial charge in [-0.3, -0.25) is 4.79 Å². The number of rotatable bonds is 7. The number of para-hydroxylation sites is 1. The molecule has 0 aliphatic heterocycles. The van der Waals surface area contributed by atoms with Gasteiger partial charge in [-0.15, -0.1) is 0 Å². The third-order valence-corrected chi connectivity index (χ3v) is 4.72. The Morgan fingerprint density at radius 3 is 2.72 bits per heavy atom. The summed E-state index contributed by atoms with van der Waals surface area (Å²) in [4.78, 5) is 16.5. The first-order chi connectivity index (χ1) is 14.2. The summed E-state index contributed by atoms with van der Waals surface area (Å²) in [5, 5.41) is 7.88. The maximum atomic E-state index is 12.3. The predicted octanol–water partition coefficient (Wildman–Crippen LogP) is 4.43. The van der Waals surface area contributed by atoms with Crippen LogP contribution in [0.25, 0.3) is 17.0 Å². The van der Waals surface area contributed by atoms with Crippen molar-refractivity contribution in [2.75, 3.05) is 0 Å². The maximum Gasteiger partial charge on any atom is 0.220 e. The van der Waals surface area contributed by atoms with Gasteiger partial charge in [0.05, 0.1) is 11.9 Å². The summed E-state index contributed by atoms with van der Waals surface area (Å²) in [6, 6.07) is 17.0. The van der Waals surface area contributed by atoms with E-state index >= 15 is 0 Å². The fourth-order valence-electron chi connectivity index (χ4n) is 2.97. The molecule has 4 rings (SSSR count). The Kier molecular flexibility index (Phi) is 5.72. The van der Waals surface area contributed by atoms with E-state index in [0.717, 1.165) is 16.8 Å². The van der Waals surface area contributed by atoms with Gasteiger partial charge >= 0.3 is 0 Å². The van der Waals surface area contributed by atoms with E-state index in [0.29, 0.717) is 36.1 Å². The molecule has 146 valence electrons. The lowest BCUT2D eigenvalue weighted by atomic mass is 10.1. The van der Waals surface area contributed by atoms with Gasteiger partial charge in [-0.1, -0.05) is 29.8 Å². The smallest absolute Gasteiger partial charge is 0.220 e. The number of carbonyl (C=O) groups excluding carboxylic acids is 1. The number of hydrogen-bond acceptors (Lipinski definition) is 4. The van der Waals surface area contributed by atoms with Crippen LogP contribution in [0.4, 0.5) is 0 Å². The number of halogens is 1. The molecular formula is C22H19ClN4O2. The molecule has 0 radical (unpaired) electrons. The van der Waals surface area contributed by atoms with Crippen molar-refractivity contribution in [1.29, 1.82) is 0 Å². The SMILES string of the molecule is O=C(CCc1ncc(-c2ccc(Cl)cc2)o1)NCc1ccccc1-n1cccn1. The number of nitrogens with zero attached hydrogens (tertiary/aromatic N) is 3. The lowest BCUT2D eigenvalue weighted by molar-refractivity contribution is -0.121. The fourth-order valence-corrected chi connectivity index (χ4v) is 3.10. The van der Waals surface area contributed by atoms with Crippen molar-refractivity contribution in [2.45, 2.75) is 19.4 Å². The van der Waals surface area contributed by atoms with Gasteiger partial charge in [-0.05, 0) is 42.0 Å². The molecular weight excluding hydrogens is 388 g/mol. The topological polar surface area (TPSA) is 73.0 Å². The maximum absolute atomic E-state index is 12.3. The second-order valence-corrected chi connectivity index (χ2v) is 6.92. The molecule has 1 amide bonds. The van der Waals surface area contributed by atoms with Gasteiger partial charge in [-0.2, -0.15) is 5.10 Å². The summed E-state index contributed by atoms with van der Waals surface area (Å²) in [5.74, 6) is 1.12. The molecule has 2 heterocycles. The second kappa shape index (κ2) is 8.75. The molecule has 0 atom stereocenters. The minimum absolute atomic E-state index is 0.0634. The zero-order chi connectivity index (χ0) is 20.1. The molecule has 4 aromatic rings. The minimum Gasteiger partial charge on any atom is -0.441 e. The van der Waals surface area contributed by atoms with E-state index in [9.17, 15) is 4.79 Å². The molecule has 0 unspecified atom stereocenters. The number of nitrogens with one attached hydrogen (secondary N) is 1. The Bertz CT molecular complexity index is 1090. The van der Waals surface area contributed by atoms with Crippen LogP contribution in [0.1, 0.15) is 17.9 Å². The molecule has 0 spiro atoms. The Hall–Kier alpha value is -3.38. The monoisotopic (exact) mass is 406 g/mol. The predicted molar refractivity (Wildman–Crippen MR) is 111 cm³/mol. The first-order valence-electron chi connectivity index (χ1n) is 9.24. The first-order valence-corrected chi connectivity index (χ1v) is 9.62. The van der Waals surface area contributed by atoms with Crippen LogP contribution >= 0.6 is 11.6 Å². The van der Waals surface area contributed by atoms with Crippen LogP contribution in [0.2, 0.25) is 5.02 Å². The average molecular weight is 407 g/mol. The third-order valence-electron chi connectivity index (χ3n) is 4.47. The van der Waals surface area contributed by atoms with Crippen molar-refractivity contribution in [3.05, 3.63) is 89.7 Å². The lowest BCUT2D eigenvalue weighted by Gasteiger charge is -2.10. The van der Waals surface area contributed by atoms with E-state index in [2.05, 4.69) is 15.4 Å². The van der Waals surface area contributed by atoms with E-state index in [4.69, 9.17) is 16.0 Å². The van der Waals surface area contributed by atoms with Crippen molar-refractivity contribution >= 4 is 17.5 Å². The molecule has 2 aromatic heterocycles. The van der Waals surface area contributed by atoms with Crippen molar-refractivity contribution in [3.63, 3.8) is 0 Å². The second-order valence-electron chi connectivity index (χ2n) is 6.48. The van der Waals surface area contributed by atoms with Crippen molar-refractivity contribution in [3.8, 4) is 17.0 Å². The Morgan fingerprint density at radius 1 is 1.10 bits per heavy atom. The Balaban J connectivity index is 1.32. The van der Waals surface area contributed by atoms with Crippen LogP contribution in [0.3, 0.4) is 0 Å². The molecule has 0 saturated carbocycles. The van der Waals surface area contributed by atoms with Crippen LogP contribution in [0.5, 0.6) is 0 Å². The summed E-state index contributed by atoms with van der Waals surface area (Å²) in [6.45, 7) is 0.427. The number of aryl methyl sites for hydroxylation is 1. The highest BCUT2D eigenvalue weighted by Crippen LogP contribution is 2.22. The number of aromatic nitrogens is 3. The van der Waals surface area contributed by atoms with Gasteiger partial charge in [0.25, 0.3) is 0 Å². The van der Waals surface area contributed by atoms with Crippen molar-refractivity contribution < 1.29 is 9.21 Å². The zero-order valence-corrected chi connectivity index (χ0v) is 16.3. The number of amides is 1. The highest BCUT2D eigenvalue weighted by molar-refractivity contribution is 6.30. The zero-order valence-electron chi connectivity index (χ0n) is 15.6. The minimum atomic E-state index is -0.0634. The van der Waals surface area contributed by atoms with Gasteiger partial charge < -0.3 is 9.73 Å². The van der Waals surface area contributed by atoms with Gasteiger partial charge in [0.1, 0.15) is 0 Å². The van der Waals surface area contributed by atoms with Crippen LogP contribution in [0, 0.1) is 0 Å². The van der Waals surface area contributed by atoms with Crippen LogP contribution in [-0.4, -0.2) is 20.7 Å².